The number of aliphatic imine (C=N–C) groups is 1. The van der Waals surface area contributed by atoms with Gasteiger partial charge >= 0.3 is 0 Å². The van der Waals surface area contributed by atoms with Gasteiger partial charge in [0.15, 0.2) is 11.5 Å². The Labute approximate surface area is 162 Å². The quantitative estimate of drug-likeness (QED) is 0.460. The van der Waals surface area contributed by atoms with Gasteiger partial charge in [-0.2, -0.15) is 0 Å². The van der Waals surface area contributed by atoms with E-state index < -0.39 is 0 Å². The van der Waals surface area contributed by atoms with Crippen molar-refractivity contribution >= 4 is 27.8 Å². The SMILES string of the molecule is COc1cc(C=Nc2ccccc2C)cc(Br)c1OCc1ccccc1. The number of methoxy groups -OCH3 is 1. The first kappa shape index (κ1) is 18.2. The van der Waals surface area contributed by atoms with Crippen molar-refractivity contribution < 1.29 is 9.47 Å². The summed E-state index contributed by atoms with van der Waals surface area (Å²) in [5.74, 6) is 1.35. The lowest BCUT2D eigenvalue weighted by molar-refractivity contribution is 0.282. The van der Waals surface area contributed by atoms with Gasteiger partial charge in [0.25, 0.3) is 0 Å². The van der Waals surface area contributed by atoms with Crippen LogP contribution in [0, 0.1) is 6.92 Å². The summed E-state index contributed by atoms with van der Waals surface area (Å²) in [5.41, 5.74) is 4.13. The van der Waals surface area contributed by atoms with Crippen LogP contribution >= 0.6 is 15.9 Å². The Bertz CT molecular complexity index is 907. The van der Waals surface area contributed by atoms with Crippen molar-refractivity contribution in [2.24, 2.45) is 4.99 Å². The van der Waals surface area contributed by atoms with Crippen LogP contribution < -0.4 is 9.47 Å². The van der Waals surface area contributed by atoms with E-state index in [2.05, 4.69) is 20.9 Å². The topological polar surface area (TPSA) is 30.8 Å². The van der Waals surface area contributed by atoms with Gasteiger partial charge in [-0.15, -0.1) is 0 Å². The number of rotatable bonds is 6. The molecule has 0 heterocycles. The van der Waals surface area contributed by atoms with Crippen molar-refractivity contribution in [1.29, 1.82) is 0 Å². The summed E-state index contributed by atoms with van der Waals surface area (Å²) in [6, 6.07) is 22.0. The number of nitrogens with zero attached hydrogens (tertiary/aromatic N) is 1. The standard InChI is InChI=1S/C22H20BrNO2/c1-16-8-6-7-11-20(16)24-14-18-12-19(23)22(21(13-18)25-2)26-15-17-9-4-3-5-10-17/h3-14H,15H2,1-2H3. The number of para-hydroxylation sites is 1. The predicted molar refractivity (Wildman–Crippen MR) is 110 cm³/mol. The molecule has 0 radical (unpaired) electrons. The van der Waals surface area contributed by atoms with Gasteiger partial charge in [-0.3, -0.25) is 4.99 Å². The van der Waals surface area contributed by atoms with E-state index in [0.29, 0.717) is 18.1 Å². The molecule has 0 amide bonds. The second-order valence-corrected chi connectivity index (χ2v) is 6.71. The van der Waals surface area contributed by atoms with Crippen LogP contribution in [-0.4, -0.2) is 13.3 Å². The molecule has 0 spiro atoms. The van der Waals surface area contributed by atoms with Crippen LogP contribution in [0.4, 0.5) is 5.69 Å². The molecule has 0 aliphatic heterocycles. The Morgan fingerprint density at radius 3 is 2.46 bits per heavy atom. The minimum absolute atomic E-state index is 0.479. The van der Waals surface area contributed by atoms with E-state index in [4.69, 9.17) is 9.47 Å². The number of halogens is 1. The summed E-state index contributed by atoms with van der Waals surface area (Å²) < 4.78 is 12.3. The largest absolute Gasteiger partial charge is 0.493 e. The molecule has 132 valence electrons. The minimum Gasteiger partial charge on any atom is -0.493 e. The molecule has 3 rings (SSSR count). The fraction of sp³-hybridized carbons (Fsp3) is 0.136. The molecule has 4 heteroatoms. The van der Waals surface area contributed by atoms with Gasteiger partial charge in [0.1, 0.15) is 6.61 Å². The lowest BCUT2D eigenvalue weighted by Crippen LogP contribution is -1.99. The summed E-state index contributed by atoms with van der Waals surface area (Å²) >= 11 is 3.59. The van der Waals surface area contributed by atoms with Crippen LogP contribution in [0.5, 0.6) is 11.5 Å². The van der Waals surface area contributed by atoms with Crippen LogP contribution in [-0.2, 0) is 6.61 Å². The summed E-state index contributed by atoms with van der Waals surface area (Å²) in [4.78, 5) is 4.57. The number of ether oxygens (including phenoxy) is 2. The van der Waals surface area contributed by atoms with Crippen molar-refractivity contribution in [3.8, 4) is 11.5 Å². The van der Waals surface area contributed by atoms with E-state index in [1.54, 1.807) is 7.11 Å². The molecule has 3 aromatic rings. The van der Waals surface area contributed by atoms with Crippen LogP contribution in [0.25, 0.3) is 0 Å². The molecular weight excluding hydrogens is 390 g/mol. The molecule has 0 aromatic heterocycles. The van der Waals surface area contributed by atoms with Gasteiger partial charge in [0, 0.05) is 6.21 Å². The molecule has 0 N–H and O–H groups in total. The molecule has 0 fully saturated rings. The van der Waals surface area contributed by atoms with Crippen LogP contribution in [0.3, 0.4) is 0 Å². The lowest BCUT2D eigenvalue weighted by Gasteiger charge is -2.13. The molecule has 0 aliphatic rings. The normalized spacial score (nSPS) is 10.9. The number of benzene rings is 3. The predicted octanol–water partition coefficient (Wildman–Crippen LogP) is 6.10. The average molecular weight is 410 g/mol. The van der Waals surface area contributed by atoms with Crippen LogP contribution in [0.1, 0.15) is 16.7 Å². The van der Waals surface area contributed by atoms with Crippen LogP contribution in [0.2, 0.25) is 0 Å². The Morgan fingerprint density at radius 2 is 1.73 bits per heavy atom. The van der Waals surface area contributed by atoms with Gasteiger partial charge in [-0.05, 0) is 57.7 Å². The van der Waals surface area contributed by atoms with Gasteiger partial charge in [-0.1, -0.05) is 48.5 Å². The Kier molecular flexibility index (Phi) is 6.08. The highest BCUT2D eigenvalue weighted by Gasteiger charge is 2.11. The summed E-state index contributed by atoms with van der Waals surface area (Å²) in [6.07, 6.45) is 1.83. The Hall–Kier alpha value is -2.59. The molecule has 0 atom stereocenters. The molecular formula is C22H20BrNO2. The highest BCUT2D eigenvalue weighted by molar-refractivity contribution is 9.10. The Balaban J connectivity index is 1.82. The molecule has 0 saturated carbocycles. The second kappa shape index (κ2) is 8.68. The number of hydrogen-bond acceptors (Lipinski definition) is 3. The van der Waals surface area contributed by atoms with Crippen molar-refractivity contribution in [3.05, 3.63) is 87.9 Å². The van der Waals surface area contributed by atoms with E-state index >= 15 is 0 Å². The Morgan fingerprint density at radius 1 is 1.00 bits per heavy atom. The maximum absolute atomic E-state index is 5.97. The molecule has 3 nitrogen and oxygen atoms in total. The summed E-state index contributed by atoms with van der Waals surface area (Å²) in [5, 5.41) is 0. The van der Waals surface area contributed by atoms with E-state index in [-0.39, 0.29) is 0 Å². The first-order valence-electron chi connectivity index (χ1n) is 8.31. The summed E-state index contributed by atoms with van der Waals surface area (Å²) in [6.45, 7) is 2.52. The van der Waals surface area contributed by atoms with Gasteiger partial charge in [0.05, 0.1) is 17.3 Å². The van der Waals surface area contributed by atoms with E-state index in [0.717, 1.165) is 26.9 Å². The van der Waals surface area contributed by atoms with E-state index in [1.165, 1.54) is 0 Å². The maximum atomic E-state index is 5.97. The van der Waals surface area contributed by atoms with Gasteiger partial charge in [-0.25, -0.2) is 0 Å². The van der Waals surface area contributed by atoms with Crippen molar-refractivity contribution in [2.45, 2.75) is 13.5 Å². The van der Waals surface area contributed by atoms with Crippen LogP contribution in [0.15, 0.2) is 76.2 Å². The third-order valence-electron chi connectivity index (χ3n) is 3.95. The third kappa shape index (κ3) is 4.52. The highest BCUT2D eigenvalue weighted by Crippen LogP contribution is 2.37. The molecule has 0 unspecified atom stereocenters. The first-order valence-corrected chi connectivity index (χ1v) is 9.10. The third-order valence-corrected chi connectivity index (χ3v) is 4.53. The maximum Gasteiger partial charge on any atom is 0.175 e. The van der Waals surface area contributed by atoms with E-state index in [9.17, 15) is 0 Å². The summed E-state index contributed by atoms with van der Waals surface area (Å²) in [7, 11) is 1.64. The zero-order valence-corrected chi connectivity index (χ0v) is 16.4. The zero-order valence-electron chi connectivity index (χ0n) is 14.8. The van der Waals surface area contributed by atoms with Gasteiger partial charge in [0.2, 0.25) is 0 Å². The second-order valence-electron chi connectivity index (χ2n) is 5.85. The molecule has 3 aromatic carbocycles. The van der Waals surface area contributed by atoms with Crippen molar-refractivity contribution in [1.82, 2.24) is 0 Å². The smallest absolute Gasteiger partial charge is 0.175 e. The fourth-order valence-corrected chi connectivity index (χ4v) is 3.11. The highest BCUT2D eigenvalue weighted by atomic mass is 79.9. The zero-order chi connectivity index (χ0) is 18.4. The monoisotopic (exact) mass is 409 g/mol. The van der Waals surface area contributed by atoms with Crippen molar-refractivity contribution in [3.63, 3.8) is 0 Å². The average Bonchev–Trinajstić information content (AvgIpc) is 2.67. The number of hydrogen-bond donors (Lipinski definition) is 0. The van der Waals surface area contributed by atoms with Gasteiger partial charge < -0.3 is 9.47 Å². The molecule has 0 aliphatic carbocycles. The lowest BCUT2D eigenvalue weighted by atomic mass is 10.2. The molecule has 26 heavy (non-hydrogen) atoms. The first-order chi connectivity index (χ1) is 12.7. The minimum atomic E-state index is 0.479. The van der Waals surface area contributed by atoms with E-state index in [1.807, 2.05) is 79.9 Å². The van der Waals surface area contributed by atoms with Crippen molar-refractivity contribution in [2.75, 3.05) is 7.11 Å². The fourth-order valence-electron chi connectivity index (χ4n) is 2.54. The molecule has 0 bridgehead atoms. The molecule has 0 saturated heterocycles. The number of aryl methyl sites for hydroxylation is 1.